The van der Waals surface area contributed by atoms with Crippen LogP contribution in [0.4, 0.5) is 17.2 Å². The van der Waals surface area contributed by atoms with Crippen molar-refractivity contribution in [3.63, 3.8) is 0 Å². The standard InChI is InChI=1S/C19H19N3O/c23-18(15-7-3-1-4-8-15)14-20-17-11-12-19(21-13-17)22-16-9-5-2-6-10-16/h1-13,18,20,23H,14H2,(H,21,22). The lowest BCUT2D eigenvalue weighted by atomic mass is 10.1. The van der Waals surface area contributed by atoms with E-state index in [0.29, 0.717) is 6.54 Å². The Hall–Kier alpha value is -2.85. The number of nitrogens with one attached hydrogen (secondary N) is 2. The summed E-state index contributed by atoms with van der Waals surface area (Å²) in [5.41, 5.74) is 2.77. The third-order valence-electron chi connectivity index (χ3n) is 3.49. The SMILES string of the molecule is OC(CNc1ccc(Nc2ccccc2)nc1)c1ccccc1. The van der Waals surface area contributed by atoms with Crippen LogP contribution in [-0.4, -0.2) is 16.6 Å². The molecular weight excluding hydrogens is 286 g/mol. The summed E-state index contributed by atoms with van der Waals surface area (Å²) in [7, 11) is 0. The van der Waals surface area contributed by atoms with Gasteiger partial charge >= 0.3 is 0 Å². The molecule has 0 aliphatic heterocycles. The second-order valence-corrected chi connectivity index (χ2v) is 5.23. The minimum Gasteiger partial charge on any atom is -0.387 e. The predicted molar refractivity (Wildman–Crippen MR) is 93.9 cm³/mol. The fourth-order valence-electron chi connectivity index (χ4n) is 2.25. The molecule has 116 valence electrons. The van der Waals surface area contributed by atoms with Crippen molar-refractivity contribution in [2.24, 2.45) is 0 Å². The number of para-hydroxylation sites is 1. The number of anilines is 3. The van der Waals surface area contributed by atoms with E-state index in [4.69, 9.17) is 0 Å². The van der Waals surface area contributed by atoms with Gasteiger partial charge in [0, 0.05) is 12.2 Å². The molecule has 3 N–H and O–H groups in total. The Kier molecular flexibility index (Phi) is 4.86. The average molecular weight is 305 g/mol. The zero-order valence-electron chi connectivity index (χ0n) is 12.7. The van der Waals surface area contributed by atoms with Crippen molar-refractivity contribution in [1.29, 1.82) is 0 Å². The fraction of sp³-hybridized carbons (Fsp3) is 0.105. The van der Waals surface area contributed by atoms with Crippen molar-refractivity contribution in [3.8, 4) is 0 Å². The minimum atomic E-state index is -0.543. The molecule has 0 aliphatic rings. The Morgan fingerprint density at radius 3 is 2.17 bits per heavy atom. The molecule has 1 aromatic heterocycles. The summed E-state index contributed by atoms with van der Waals surface area (Å²) >= 11 is 0. The number of rotatable bonds is 6. The molecule has 1 atom stereocenters. The highest BCUT2D eigenvalue weighted by Crippen LogP contribution is 2.17. The van der Waals surface area contributed by atoms with Gasteiger partial charge in [-0.1, -0.05) is 48.5 Å². The number of hydrogen-bond donors (Lipinski definition) is 3. The highest BCUT2D eigenvalue weighted by molar-refractivity contribution is 5.57. The maximum atomic E-state index is 10.1. The second-order valence-electron chi connectivity index (χ2n) is 5.23. The summed E-state index contributed by atoms with van der Waals surface area (Å²) in [5.74, 6) is 0.783. The lowest BCUT2D eigenvalue weighted by Crippen LogP contribution is -2.12. The van der Waals surface area contributed by atoms with E-state index >= 15 is 0 Å². The summed E-state index contributed by atoms with van der Waals surface area (Å²) in [6.07, 6.45) is 1.21. The van der Waals surface area contributed by atoms with E-state index in [1.54, 1.807) is 6.20 Å². The maximum absolute atomic E-state index is 10.1. The summed E-state index contributed by atoms with van der Waals surface area (Å²) in [4.78, 5) is 4.37. The van der Waals surface area contributed by atoms with Gasteiger partial charge in [-0.25, -0.2) is 4.98 Å². The molecule has 4 nitrogen and oxygen atoms in total. The van der Waals surface area contributed by atoms with Crippen LogP contribution in [0.5, 0.6) is 0 Å². The Labute approximate surface area is 135 Å². The number of pyridine rings is 1. The second kappa shape index (κ2) is 7.42. The van der Waals surface area contributed by atoms with Gasteiger partial charge in [0.05, 0.1) is 18.0 Å². The van der Waals surface area contributed by atoms with Crippen LogP contribution in [0.2, 0.25) is 0 Å². The molecule has 1 heterocycles. The normalized spacial score (nSPS) is 11.7. The molecule has 0 amide bonds. The first-order chi connectivity index (χ1) is 11.3. The Morgan fingerprint density at radius 1 is 0.826 bits per heavy atom. The van der Waals surface area contributed by atoms with Gasteiger partial charge in [-0.05, 0) is 29.8 Å². The third kappa shape index (κ3) is 4.31. The zero-order chi connectivity index (χ0) is 15.9. The van der Waals surface area contributed by atoms with Gasteiger partial charge in [0.25, 0.3) is 0 Å². The Bertz CT molecular complexity index is 715. The van der Waals surface area contributed by atoms with Gasteiger partial charge in [0.1, 0.15) is 5.82 Å². The molecule has 0 spiro atoms. The highest BCUT2D eigenvalue weighted by atomic mass is 16.3. The van der Waals surface area contributed by atoms with Crippen molar-refractivity contribution in [3.05, 3.63) is 84.6 Å². The van der Waals surface area contributed by atoms with E-state index < -0.39 is 6.10 Å². The summed E-state index contributed by atoms with van der Waals surface area (Å²) in [6.45, 7) is 0.442. The van der Waals surface area contributed by atoms with Crippen LogP contribution in [-0.2, 0) is 0 Å². The lowest BCUT2D eigenvalue weighted by molar-refractivity contribution is 0.191. The summed E-state index contributed by atoms with van der Waals surface area (Å²) in [5, 5.41) is 16.6. The molecule has 3 aromatic rings. The van der Waals surface area contributed by atoms with Crippen molar-refractivity contribution >= 4 is 17.2 Å². The molecule has 23 heavy (non-hydrogen) atoms. The molecule has 0 bridgehead atoms. The molecule has 0 radical (unpaired) electrons. The van der Waals surface area contributed by atoms with Crippen LogP contribution in [0.3, 0.4) is 0 Å². The van der Waals surface area contributed by atoms with Crippen LogP contribution in [0, 0.1) is 0 Å². The van der Waals surface area contributed by atoms with Crippen LogP contribution in [0.1, 0.15) is 11.7 Å². The molecule has 4 heteroatoms. The Balaban J connectivity index is 1.55. The largest absolute Gasteiger partial charge is 0.387 e. The molecule has 0 aliphatic carbocycles. The van der Waals surface area contributed by atoms with Gasteiger partial charge in [-0.2, -0.15) is 0 Å². The van der Waals surface area contributed by atoms with Gasteiger partial charge in [0.15, 0.2) is 0 Å². The monoisotopic (exact) mass is 305 g/mol. The van der Waals surface area contributed by atoms with Crippen molar-refractivity contribution < 1.29 is 5.11 Å². The van der Waals surface area contributed by atoms with E-state index in [9.17, 15) is 5.11 Å². The van der Waals surface area contributed by atoms with Crippen LogP contribution in [0.25, 0.3) is 0 Å². The van der Waals surface area contributed by atoms with E-state index in [2.05, 4.69) is 15.6 Å². The average Bonchev–Trinajstić information content (AvgIpc) is 2.62. The number of hydrogen-bond acceptors (Lipinski definition) is 4. The third-order valence-corrected chi connectivity index (χ3v) is 3.49. The van der Waals surface area contributed by atoms with Gasteiger partial charge < -0.3 is 15.7 Å². The van der Waals surface area contributed by atoms with Gasteiger partial charge in [0.2, 0.25) is 0 Å². The first-order valence-corrected chi connectivity index (χ1v) is 7.56. The number of aliphatic hydroxyl groups is 1. The molecular formula is C19H19N3O. The van der Waals surface area contributed by atoms with E-state index in [1.807, 2.05) is 72.8 Å². The van der Waals surface area contributed by atoms with Crippen LogP contribution < -0.4 is 10.6 Å². The Morgan fingerprint density at radius 2 is 1.52 bits per heavy atom. The first-order valence-electron chi connectivity index (χ1n) is 7.56. The molecule has 2 aromatic carbocycles. The molecule has 1 unspecified atom stereocenters. The van der Waals surface area contributed by atoms with E-state index in [-0.39, 0.29) is 0 Å². The zero-order valence-corrected chi connectivity index (χ0v) is 12.7. The van der Waals surface area contributed by atoms with Crippen molar-refractivity contribution in [1.82, 2.24) is 4.98 Å². The maximum Gasteiger partial charge on any atom is 0.130 e. The predicted octanol–water partition coefficient (Wildman–Crippen LogP) is 3.97. The molecule has 0 saturated carbocycles. The smallest absolute Gasteiger partial charge is 0.130 e. The quantitative estimate of drug-likeness (QED) is 0.645. The topological polar surface area (TPSA) is 57.2 Å². The number of benzene rings is 2. The van der Waals surface area contributed by atoms with E-state index in [1.165, 1.54) is 0 Å². The summed E-state index contributed by atoms with van der Waals surface area (Å²) in [6, 6.07) is 23.4. The molecule has 0 saturated heterocycles. The molecule has 0 fully saturated rings. The van der Waals surface area contributed by atoms with Crippen molar-refractivity contribution in [2.75, 3.05) is 17.2 Å². The van der Waals surface area contributed by atoms with Crippen molar-refractivity contribution in [2.45, 2.75) is 6.10 Å². The van der Waals surface area contributed by atoms with Crippen LogP contribution >= 0.6 is 0 Å². The number of nitrogens with zero attached hydrogens (tertiary/aromatic N) is 1. The minimum absolute atomic E-state index is 0.442. The summed E-state index contributed by atoms with van der Waals surface area (Å²) < 4.78 is 0. The lowest BCUT2D eigenvalue weighted by Gasteiger charge is -2.13. The van der Waals surface area contributed by atoms with E-state index in [0.717, 1.165) is 22.8 Å². The first kappa shape index (κ1) is 15.1. The van der Waals surface area contributed by atoms with Gasteiger partial charge in [-0.15, -0.1) is 0 Å². The van der Waals surface area contributed by atoms with Crippen LogP contribution in [0.15, 0.2) is 79.0 Å². The fourth-order valence-corrected chi connectivity index (χ4v) is 2.25. The molecule has 3 rings (SSSR count). The number of aromatic nitrogens is 1. The van der Waals surface area contributed by atoms with Gasteiger partial charge in [-0.3, -0.25) is 0 Å². The highest BCUT2D eigenvalue weighted by Gasteiger charge is 2.06. The number of aliphatic hydroxyl groups excluding tert-OH is 1.